The number of aryl methyl sites for hydroxylation is 1. The van der Waals surface area contributed by atoms with E-state index in [0.717, 1.165) is 39.5 Å². The zero-order valence-electron chi connectivity index (χ0n) is 15.9. The predicted octanol–water partition coefficient (Wildman–Crippen LogP) is 4.58. The molecule has 1 aliphatic heterocycles. The Balaban J connectivity index is 1.43. The van der Waals surface area contributed by atoms with Crippen molar-refractivity contribution in [3.8, 4) is 17.1 Å². The van der Waals surface area contributed by atoms with E-state index in [1.807, 2.05) is 56.3 Å². The maximum atomic E-state index is 12.6. The predicted molar refractivity (Wildman–Crippen MR) is 107 cm³/mol. The largest absolute Gasteiger partial charge is 0.483 e. The van der Waals surface area contributed by atoms with Crippen LogP contribution in [-0.2, 0) is 17.8 Å². The van der Waals surface area contributed by atoms with E-state index in [9.17, 15) is 4.79 Å². The van der Waals surface area contributed by atoms with E-state index >= 15 is 0 Å². The molecule has 5 nitrogen and oxygen atoms in total. The van der Waals surface area contributed by atoms with Crippen LogP contribution < -0.4 is 4.74 Å². The topological polar surface area (TPSA) is 55.6 Å². The van der Waals surface area contributed by atoms with Crippen LogP contribution >= 0.6 is 11.6 Å². The Morgan fingerprint density at radius 2 is 2.00 bits per heavy atom. The van der Waals surface area contributed by atoms with Gasteiger partial charge in [0.1, 0.15) is 11.4 Å². The van der Waals surface area contributed by atoms with Gasteiger partial charge in [-0.25, -0.2) is 0 Å². The van der Waals surface area contributed by atoms with Gasteiger partial charge in [0.25, 0.3) is 5.91 Å². The quantitative estimate of drug-likeness (QED) is 0.648. The van der Waals surface area contributed by atoms with Crippen molar-refractivity contribution in [2.24, 2.45) is 0 Å². The lowest BCUT2D eigenvalue weighted by Crippen LogP contribution is -2.38. The first-order chi connectivity index (χ1) is 13.5. The highest BCUT2D eigenvalue weighted by molar-refractivity contribution is 6.30. The fourth-order valence-electron chi connectivity index (χ4n) is 3.38. The van der Waals surface area contributed by atoms with Crippen molar-refractivity contribution in [2.45, 2.75) is 26.8 Å². The maximum absolute atomic E-state index is 12.6. The first-order valence-corrected chi connectivity index (χ1v) is 9.61. The summed E-state index contributed by atoms with van der Waals surface area (Å²) in [5.74, 6) is 1.45. The highest BCUT2D eigenvalue weighted by atomic mass is 35.5. The molecule has 1 aromatic heterocycles. The Morgan fingerprint density at radius 1 is 1.21 bits per heavy atom. The summed E-state index contributed by atoms with van der Waals surface area (Å²) in [5.41, 5.74) is 5.00. The van der Waals surface area contributed by atoms with Gasteiger partial charge < -0.3 is 14.2 Å². The van der Waals surface area contributed by atoms with Gasteiger partial charge >= 0.3 is 0 Å². The number of amides is 1. The molecule has 0 aliphatic carbocycles. The summed E-state index contributed by atoms with van der Waals surface area (Å²) in [4.78, 5) is 14.4. The second-order valence-corrected chi connectivity index (χ2v) is 7.43. The van der Waals surface area contributed by atoms with E-state index < -0.39 is 0 Å². The summed E-state index contributed by atoms with van der Waals surface area (Å²) in [6.45, 7) is 5.09. The number of ether oxygens (including phenoxy) is 1. The lowest BCUT2D eigenvalue weighted by molar-refractivity contribution is -0.134. The minimum atomic E-state index is -0.0531. The van der Waals surface area contributed by atoms with Crippen molar-refractivity contribution < 1.29 is 14.1 Å². The Kier molecular flexibility index (Phi) is 5.09. The molecule has 1 amide bonds. The number of fused-ring (bicyclic) bond motifs is 1. The summed E-state index contributed by atoms with van der Waals surface area (Å²) in [7, 11) is 0. The fourth-order valence-corrected chi connectivity index (χ4v) is 3.51. The molecule has 1 aliphatic rings. The summed E-state index contributed by atoms with van der Waals surface area (Å²) >= 11 is 5.96. The first kappa shape index (κ1) is 18.6. The van der Waals surface area contributed by atoms with E-state index in [2.05, 4.69) is 5.16 Å². The average Bonchev–Trinajstić information content (AvgIpc) is 3.12. The van der Waals surface area contributed by atoms with Gasteiger partial charge in [-0.2, -0.15) is 0 Å². The number of rotatable bonds is 4. The zero-order valence-corrected chi connectivity index (χ0v) is 16.6. The van der Waals surface area contributed by atoms with Gasteiger partial charge in [0.15, 0.2) is 12.4 Å². The molecule has 2 aromatic carbocycles. The molecule has 3 aromatic rings. The monoisotopic (exact) mass is 396 g/mol. The van der Waals surface area contributed by atoms with E-state index in [0.29, 0.717) is 24.5 Å². The number of hydrogen-bond acceptors (Lipinski definition) is 4. The summed E-state index contributed by atoms with van der Waals surface area (Å²) in [6.07, 6.45) is 0.700. The Labute approximate surface area is 168 Å². The number of carbonyl (C=O) groups excluding carboxylic acids is 1. The molecule has 0 atom stereocenters. The van der Waals surface area contributed by atoms with Crippen LogP contribution in [0.15, 0.2) is 47.0 Å². The fraction of sp³-hybridized carbons (Fsp3) is 0.273. The molecular weight excluding hydrogens is 376 g/mol. The van der Waals surface area contributed by atoms with Crippen LogP contribution in [0, 0.1) is 13.8 Å². The van der Waals surface area contributed by atoms with Gasteiger partial charge in [-0.3, -0.25) is 4.79 Å². The van der Waals surface area contributed by atoms with Gasteiger partial charge in [0, 0.05) is 22.7 Å². The normalized spacial score (nSPS) is 13.3. The summed E-state index contributed by atoms with van der Waals surface area (Å²) < 4.78 is 11.3. The van der Waals surface area contributed by atoms with E-state index in [1.165, 1.54) is 0 Å². The number of aromatic nitrogens is 1. The molecule has 2 heterocycles. The molecule has 0 radical (unpaired) electrons. The minimum absolute atomic E-state index is 0.0154. The molecule has 0 N–H and O–H groups in total. The second kappa shape index (κ2) is 7.68. The van der Waals surface area contributed by atoms with Gasteiger partial charge in [0.2, 0.25) is 0 Å². The maximum Gasteiger partial charge on any atom is 0.260 e. The van der Waals surface area contributed by atoms with E-state index in [1.54, 1.807) is 4.90 Å². The van der Waals surface area contributed by atoms with Gasteiger partial charge in [-0.15, -0.1) is 0 Å². The van der Waals surface area contributed by atoms with Gasteiger partial charge in [-0.1, -0.05) is 28.9 Å². The lowest BCUT2D eigenvalue weighted by Gasteiger charge is -2.26. The molecule has 144 valence electrons. The average molecular weight is 397 g/mol. The molecule has 6 heteroatoms. The third-order valence-corrected chi connectivity index (χ3v) is 5.46. The van der Waals surface area contributed by atoms with Crippen molar-refractivity contribution >= 4 is 17.5 Å². The van der Waals surface area contributed by atoms with Crippen LogP contribution in [0.2, 0.25) is 5.02 Å². The smallest absolute Gasteiger partial charge is 0.260 e. The molecule has 0 bridgehead atoms. The number of carbonyl (C=O) groups is 1. The van der Waals surface area contributed by atoms with Crippen LogP contribution in [0.25, 0.3) is 11.3 Å². The highest BCUT2D eigenvalue weighted by Crippen LogP contribution is 2.31. The molecular formula is C22H21ClN2O3. The van der Waals surface area contributed by atoms with E-state index in [-0.39, 0.29) is 12.5 Å². The number of nitrogens with zero attached hydrogens (tertiary/aromatic N) is 2. The van der Waals surface area contributed by atoms with Gasteiger partial charge in [0.05, 0.1) is 6.54 Å². The van der Waals surface area contributed by atoms with Crippen LogP contribution in [0.5, 0.6) is 5.75 Å². The Bertz CT molecular complexity index is 1010. The molecule has 0 fully saturated rings. The lowest BCUT2D eigenvalue weighted by atomic mass is 10.0. The first-order valence-electron chi connectivity index (χ1n) is 9.23. The third kappa shape index (κ3) is 3.62. The van der Waals surface area contributed by atoms with Crippen molar-refractivity contribution in [3.05, 3.63) is 69.9 Å². The molecule has 0 spiro atoms. The summed E-state index contributed by atoms with van der Waals surface area (Å²) in [6, 6.07) is 13.3. The molecule has 0 saturated heterocycles. The van der Waals surface area contributed by atoms with E-state index in [4.69, 9.17) is 20.9 Å². The molecule has 0 saturated carbocycles. The molecule has 4 rings (SSSR count). The SMILES string of the molecule is Cc1cccc(OCC(=O)N2CCc3c(noc3-c3ccc(Cl)cc3)C2)c1C. The van der Waals surface area contributed by atoms with Crippen molar-refractivity contribution in [1.29, 1.82) is 0 Å². The standard InChI is InChI=1S/C22H21ClN2O3/c1-14-4-3-5-20(15(14)2)27-13-21(26)25-11-10-18-19(12-25)24-28-22(18)16-6-8-17(23)9-7-16/h3-9H,10-13H2,1-2H3. The van der Waals surface area contributed by atoms with Crippen LogP contribution in [0.1, 0.15) is 22.4 Å². The number of hydrogen-bond donors (Lipinski definition) is 0. The number of benzene rings is 2. The van der Waals surface area contributed by atoms with Crippen molar-refractivity contribution in [1.82, 2.24) is 10.1 Å². The highest BCUT2D eigenvalue weighted by Gasteiger charge is 2.27. The van der Waals surface area contributed by atoms with Crippen molar-refractivity contribution in [2.75, 3.05) is 13.2 Å². The van der Waals surface area contributed by atoms with Gasteiger partial charge in [-0.05, 0) is 61.7 Å². The zero-order chi connectivity index (χ0) is 19.7. The second-order valence-electron chi connectivity index (χ2n) is 7.00. The molecule has 28 heavy (non-hydrogen) atoms. The van der Waals surface area contributed by atoms with Crippen LogP contribution in [-0.4, -0.2) is 29.1 Å². The number of halogens is 1. The molecule has 0 unspecified atom stereocenters. The Morgan fingerprint density at radius 3 is 2.79 bits per heavy atom. The van der Waals surface area contributed by atoms with Crippen LogP contribution in [0.3, 0.4) is 0 Å². The summed E-state index contributed by atoms with van der Waals surface area (Å²) in [5, 5.41) is 4.87. The van der Waals surface area contributed by atoms with Crippen LogP contribution in [0.4, 0.5) is 0 Å². The Hall–Kier alpha value is -2.79. The minimum Gasteiger partial charge on any atom is -0.483 e. The van der Waals surface area contributed by atoms with Crippen molar-refractivity contribution in [3.63, 3.8) is 0 Å². The third-order valence-electron chi connectivity index (χ3n) is 5.21.